The van der Waals surface area contributed by atoms with Crippen molar-refractivity contribution in [3.8, 4) is 5.75 Å². The zero-order chi connectivity index (χ0) is 24.2. The first kappa shape index (κ1) is 22.8. The molecule has 4 rings (SSSR count). The molecule has 174 valence electrons. The molecule has 1 atom stereocenters. The zero-order valence-corrected chi connectivity index (χ0v) is 18.6. The number of fused-ring (bicyclic) bond motifs is 2. The fourth-order valence-electron chi connectivity index (χ4n) is 3.75. The van der Waals surface area contributed by atoms with Crippen molar-refractivity contribution in [1.82, 2.24) is 5.32 Å². The lowest BCUT2D eigenvalue weighted by molar-refractivity contribution is -0.140. The van der Waals surface area contributed by atoms with Gasteiger partial charge in [0.25, 0.3) is 11.8 Å². The number of ether oxygens (including phenoxy) is 2. The molecule has 9 heteroatoms. The minimum absolute atomic E-state index is 0.0262. The summed E-state index contributed by atoms with van der Waals surface area (Å²) >= 11 is 0. The third-order valence-corrected chi connectivity index (χ3v) is 5.59. The molecule has 0 aromatic heterocycles. The minimum Gasteiger partial charge on any atom is -0.495 e. The van der Waals surface area contributed by atoms with Crippen molar-refractivity contribution in [1.29, 1.82) is 0 Å². The molecule has 0 fully saturated rings. The van der Waals surface area contributed by atoms with Gasteiger partial charge in [-0.1, -0.05) is 30.3 Å². The molecule has 3 N–H and O–H groups in total. The summed E-state index contributed by atoms with van der Waals surface area (Å²) in [5.74, 6) is -1.58. The minimum atomic E-state index is -0.916. The smallest absolute Gasteiger partial charge is 0.305 e. The predicted octanol–water partition coefficient (Wildman–Crippen LogP) is 3.10. The molecule has 0 bridgehead atoms. The Balaban J connectivity index is 1.59. The van der Waals surface area contributed by atoms with Crippen LogP contribution < -0.4 is 20.7 Å². The Hall–Kier alpha value is -4.40. The number of esters is 1. The molecule has 0 spiro atoms. The summed E-state index contributed by atoms with van der Waals surface area (Å²) in [6.07, 6.45) is 0.0581. The van der Waals surface area contributed by atoms with Crippen LogP contribution in [-0.2, 0) is 14.3 Å². The molecule has 34 heavy (non-hydrogen) atoms. The number of nitrogens with one attached hydrogen (secondary N) is 3. The average molecular weight is 461 g/mol. The first-order chi connectivity index (χ1) is 16.4. The van der Waals surface area contributed by atoms with Crippen LogP contribution in [0.1, 0.15) is 33.6 Å². The second-order valence-electron chi connectivity index (χ2n) is 7.74. The maximum absolute atomic E-state index is 12.9. The largest absolute Gasteiger partial charge is 0.495 e. The molecule has 9 nitrogen and oxygen atoms in total. The molecule has 0 radical (unpaired) electrons. The number of benzene rings is 3. The first-order valence-corrected chi connectivity index (χ1v) is 10.6. The average Bonchev–Trinajstić information content (AvgIpc) is 2.96. The van der Waals surface area contributed by atoms with Crippen LogP contribution in [0.3, 0.4) is 0 Å². The molecule has 0 unspecified atom stereocenters. The van der Waals surface area contributed by atoms with Crippen LogP contribution in [0.15, 0.2) is 54.6 Å². The van der Waals surface area contributed by atoms with Gasteiger partial charge in [-0.3, -0.25) is 19.2 Å². The van der Waals surface area contributed by atoms with Crippen LogP contribution in [-0.4, -0.2) is 44.0 Å². The van der Waals surface area contributed by atoms with Crippen molar-refractivity contribution < 1.29 is 28.7 Å². The molecular formula is C25H23N3O6. The molecule has 3 aromatic carbocycles. The summed E-state index contributed by atoms with van der Waals surface area (Å²) in [7, 11) is 2.67. The number of anilines is 2. The molecule has 1 aliphatic rings. The number of amides is 3. The van der Waals surface area contributed by atoms with Crippen molar-refractivity contribution >= 4 is 45.8 Å². The van der Waals surface area contributed by atoms with Gasteiger partial charge in [-0.15, -0.1) is 0 Å². The van der Waals surface area contributed by atoms with E-state index in [1.807, 2.05) is 30.3 Å². The van der Waals surface area contributed by atoms with Crippen LogP contribution >= 0.6 is 0 Å². The monoisotopic (exact) mass is 461 g/mol. The fraction of sp³-hybridized carbons (Fsp3) is 0.200. The fourth-order valence-corrected chi connectivity index (χ4v) is 3.75. The van der Waals surface area contributed by atoms with E-state index in [1.165, 1.54) is 26.4 Å². The zero-order valence-electron chi connectivity index (χ0n) is 18.6. The summed E-state index contributed by atoms with van der Waals surface area (Å²) < 4.78 is 9.99. The molecule has 0 saturated heterocycles. The lowest BCUT2D eigenvalue weighted by atomic mass is 10.1. The highest BCUT2D eigenvalue weighted by Crippen LogP contribution is 2.33. The number of methoxy groups -OCH3 is 2. The molecule has 0 saturated carbocycles. The highest BCUT2D eigenvalue weighted by molar-refractivity contribution is 6.12. The maximum Gasteiger partial charge on any atom is 0.305 e. The number of carbonyl (C=O) groups is 4. The third kappa shape index (κ3) is 4.68. The van der Waals surface area contributed by atoms with E-state index >= 15 is 0 Å². The molecule has 1 aliphatic heterocycles. The Morgan fingerprint density at radius 3 is 2.50 bits per heavy atom. The van der Waals surface area contributed by atoms with Gasteiger partial charge in [0.05, 0.1) is 31.2 Å². The highest BCUT2D eigenvalue weighted by atomic mass is 16.5. The Kier molecular flexibility index (Phi) is 6.44. The summed E-state index contributed by atoms with van der Waals surface area (Å²) in [6.45, 7) is 0. The highest BCUT2D eigenvalue weighted by Gasteiger charge is 2.29. The Morgan fingerprint density at radius 1 is 1.00 bits per heavy atom. The normalized spacial score (nSPS) is 14.9. The second-order valence-corrected chi connectivity index (χ2v) is 7.74. The van der Waals surface area contributed by atoms with Crippen molar-refractivity contribution in [3.63, 3.8) is 0 Å². The number of hydrogen-bond acceptors (Lipinski definition) is 6. The Bertz CT molecular complexity index is 1300. The van der Waals surface area contributed by atoms with E-state index in [0.717, 1.165) is 10.8 Å². The van der Waals surface area contributed by atoms with Crippen molar-refractivity contribution in [2.75, 3.05) is 24.9 Å². The van der Waals surface area contributed by atoms with E-state index in [9.17, 15) is 19.2 Å². The molecule has 0 aliphatic carbocycles. The van der Waals surface area contributed by atoms with Crippen LogP contribution in [0, 0.1) is 0 Å². The van der Waals surface area contributed by atoms with Crippen LogP contribution in [0.2, 0.25) is 0 Å². The first-order valence-electron chi connectivity index (χ1n) is 10.6. The van der Waals surface area contributed by atoms with Gasteiger partial charge >= 0.3 is 5.97 Å². The van der Waals surface area contributed by atoms with E-state index in [-0.39, 0.29) is 35.7 Å². The lowest BCUT2D eigenvalue weighted by Gasteiger charge is -2.14. The predicted molar refractivity (Wildman–Crippen MR) is 126 cm³/mol. The van der Waals surface area contributed by atoms with Gasteiger partial charge in [0.15, 0.2) is 0 Å². The summed E-state index contributed by atoms with van der Waals surface area (Å²) in [5, 5.41) is 10.0. The Morgan fingerprint density at radius 2 is 1.76 bits per heavy atom. The standard InChI is InChI=1S/C25H23N3O6/c1-33-21-12-17-19(27-25(32)18(26-24(17)31)9-10-22(29)34-2)13-20(21)28-23(30)16-8-7-14-5-3-4-6-15(14)11-16/h3-8,11-13,18H,9-10H2,1-2H3,(H,26,31)(H,27,32)(H,28,30)/t18-/m1/s1. The van der Waals surface area contributed by atoms with E-state index in [4.69, 9.17) is 4.74 Å². The van der Waals surface area contributed by atoms with E-state index in [0.29, 0.717) is 11.3 Å². The van der Waals surface area contributed by atoms with Gasteiger partial charge < -0.3 is 25.4 Å². The third-order valence-electron chi connectivity index (χ3n) is 5.59. The van der Waals surface area contributed by atoms with E-state index < -0.39 is 23.8 Å². The van der Waals surface area contributed by atoms with Crippen molar-refractivity contribution in [2.24, 2.45) is 0 Å². The summed E-state index contributed by atoms with van der Waals surface area (Å²) in [5.41, 5.74) is 1.13. The summed E-state index contributed by atoms with van der Waals surface area (Å²) in [4.78, 5) is 49.8. The van der Waals surface area contributed by atoms with Crippen LogP contribution in [0.25, 0.3) is 10.8 Å². The van der Waals surface area contributed by atoms with Crippen molar-refractivity contribution in [2.45, 2.75) is 18.9 Å². The molecule has 3 aromatic rings. The quantitative estimate of drug-likeness (QED) is 0.485. The van der Waals surface area contributed by atoms with Gasteiger partial charge in [-0.2, -0.15) is 0 Å². The molecule has 3 amide bonds. The number of carbonyl (C=O) groups excluding carboxylic acids is 4. The Labute approximate surface area is 195 Å². The van der Waals surface area contributed by atoms with E-state index in [1.54, 1.807) is 12.1 Å². The van der Waals surface area contributed by atoms with Gasteiger partial charge in [0, 0.05) is 12.0 Å². The van der Waals surface area contributed by atoms with Gasteiger partial charge in [-0.25, -0.2) is 0 Å². The van der Waals surface area contributed by atoms with Crippen molar-refractivity contribution in [3.05, 3.63) is 65.7 Å². The van der Waals surface area contributed by atoms with E-state index in [2.05, 4.69) is 20.7 Å². The maximum atomic E-state index is 12.9. The lowest BCUT2D eigenvalue weighted by Crippen LogP contribution is -2.41. The number of rotatable bonds is 6. The van der Waals surface area contributed by atoms with Gasteiger partial charge in [0.2, 0.25) is 5.91 Å². The SMILES string of the molecule is COC(=O)CC[C@H]1NC(=O)c2cc(OC)c(NC(=O)c3ccc4ccccc4c3)cc2NC1=O. The number of hydrogen-bond donors (Lipinski definition) is 3. The molecular weight excluding hydrogens is 438 g/mol. The van der Waals surface area contributed by atoms with Gasteiger partial charge in [-0.05, 0) is 41.5 Å². The van der Waals surface area contributed by atoms with Gasteiger partial charge in [0.1, 0.15) is 11.8 Å². The summed E-state index contributed by atoms with van der Waals surface area (Å²) in [6, 6.07) is 15.1. The molecule has 1 heterocycles. The second kappa shape index (κ2) is 9.62. The van der Waals surface area contributed by atoms with Crippen LogP contribution in [0.4, 0.5) is 11.4 Å². The topological polar surface area (TPSA) is 123 Å². The van der Waals surface area contributed by atoms with Crippen LogP contribution in [0.5, 0.6) is 5.75 Å².